The molecule has 3 atom stereocenters. The zero-order valence-electron chi connectivity index (χ0n) is 14.8. The lowest BCUT2D eigenvalue weighted by molar-refractivity contribution is -0.156. The van der Waals surface area contributed by atoms with Crippen molar-refractivity contribution in [2.75, 3.05) is 0 Å². The quantitative estimate of drug-likeness (QED) is 0.642. The molecule has 1 fully saturated rings. The summed E-state index contributed by atoms with van der Waals surface area (Å²) in [5, 5.41) is 12.0. The fraction of sp³-hybridized carbons (Fsp3) is 0.333. The molecule has 1 aromatic rings. The van der Waals surface area contributed by atoms with Gasteiger partial charge in [-0.3, -0.25) is 14.5 Å². The largest absolute Gasteiger partial charge is 0.477 e. The van der Waals surface area contributed by atoms with E-state index in [0.29, 0.717) is 18.4 Å². The molecule has 1 aromatic carbocycles. The van der Waals surface area contributed by atoms with Gasteiger partial charge in [0.15, 0.2) is 0 Å². The van der Waals surface area contributed by atoms with Gasteiger partial charge in [-0.25, -0.2) is 4.79 Å². The molecule has 0 unspecified atom stereocenters. The molecule has 0 bridgehead atoms. The first kappa shape index (κ1) is 22.6. The SMILES string of the molecule is N[C@@H](C(=O)N[C@@H]1C(=O)N2C(C(=O)O)=C(Cl)CC[C@H]12)c1ccccc1.O.[CH2]C. The van der Waals surface area contributed by atoms with Crippen LogP contribution in [-0.4, -0.2) is 45.3 Å². The van der Waals surface area contributed by atoms with E-state index in [0.717, 1.165) is 4.90 Å². The van der Waals surface area contributed by atoms with Gasteiger partial charge >= 0.3 is 5.97 Å². The Balaban J connectivity index is 0.00000118. The second-order valence-electron chi connectivity index (χ2n) is 5.75. The fourth-order valence-electron chi connectivity index (χ4n) is 3.07. The van der Waals surface area contributed by atoms with E-state index in [1.807, 2.05) is 6.07 Å². The van der Waals surface area contributed by atoms with Crippen LogP contribution in [0.25, 0.3) is 0 Å². The van der Waals surface area contributed by atoms with Crippen LogP contribution in [0.2, 0.25) is 0 Å². The van der Waals surface area contributed by atoms with Gasteiger partial charge in [-0.05, 0) is 18.4 Å². The monoisotopic (exact) mass is 396 g/mol. The number of aliphatic carboxylic acids is 1. The lowest BCUT2D eigenvalue weighted by atomic mass is 9.86. The van der Waals surface area contributed by atoms with Crippen LogP contribution in [0.15, 0.2) is 41.1 Å². The molecule has 27 heavy (non-hydrogen) atoms. The summed E-state index contributed by atoms with van der Waals surface area (Å²) in [6.07, 6.45) is 0.849. The van der Waals surface area contributed by atoms with Crippen LogP contribution in [-0.2, 0) is 14.4 Å². The van der Waals surface area contributed by atoms with Crippen LogP contribution in [0.1, 0.15) is 31.4 Å². The molecule has 1 radical (unpaired) electrons. The number of nitrogens with two attached hydrogens (primary N) is 1. The third-order valence-corrected chi connectivity index (χ3v) is 4.69. The number of hydrogen-bond acceptors (Lipinski definition) is 4. The molecule has 2 aliphatic rings. The molecule has 2 aliphatic heterocycles. The van der Waals surface area contributed by atoms with E-state index in [1.54, 1.807) is 31.2 Å². The smallest absolute Gasteiger partial charge is 0.353 e. The van der Waals surface area contributed by atoms with Gasteiger partial charge in [-0.1, -0.05) is 55.8 Å². The van der Waals surface area contributed by atoms with Gasteiger partial charge in [-0.2, -0.15) is 0 Å². The normalized spacial score (nSPS) is 21.6. The lowest BCUT2D eigenvalue weighted by Gasteiger charge is -2.49. The van der Waals surface area contributed by atoms with Crippen LogP contribution in [0.4, 0.5) is 0 Å². The predicted molar refractivity (Wildman–Crippen MR) is 100 cm³/mol. The van der Waals surface area contributed by atoms with Crippen molar-refractivity contribution in [2.45, 2.75) is 37.9 Å². The molecule has 0 saturated carbocycles. The van der Waals surface area contributed by atoms with Gasteiger partial charge in [0.2, 0.25) is 5.91 Å². The second kappa shape index (κ2) is 9.50. The Morgan fingerprint density at radius 3 is 2.48 bits per heavy atom. The number of carbonyl (C=O) groups is 3. The number of nitrogens with one attached hydrogen (secondary N) is 1. The molecule has 147 valence electrons. The summed E-state index contributed by atoms with van der Waals surface area (Å²) in [6, 6.07) is 6.74. The number of nitrogens with zero attached hydrogens (tertiary/aromatic N) is 1. The van der Waals surface area contributed by atoms with Crippen LogP contribution >= 0.6 is 11.6 Å². The summed E-state index contributed by atoms with van der Waals surface area (Å²) in [4.78, 5) is 37.0. The maximum absolute atomic E-state index is 12.3. The first-order valence-electron chi connectivity index (χ1n) is 8.18. The first-order chi connectivity index (χ1) is 12.4. The highest BCUT2D eigenvalue weighted by Crippen LogP contribution is 2.38. The van der Waals surface area contributed by atoms with Crippen molar-refractivity contribution in [2.24, 2.45) is 5.73 Å². The summed E-state index contributed by atoms with van der Waals surface area (Å²) in [5.74, 6) is -2.20. The van der Waals surface area contributed by atoms with Gasteiger partial charge in [0.25, 0.3) is 5.91 Å². The number of carboxylic acid groups (broad SMARTS) is 1. The Hall–Kier alpha value is -2.42. The number of rotatable bonds is 4. The highest BCUT2D eigenvalue weighted by atomic mass is 35.5. The summed E-state index contributed by atoms with van der Waals surface area (Å²) >= 11 is 5.92. The van der Waals surface area contributed by atoms with Gasteiger partial charge in [0.05, 0.1) is 6.04 Å². The van der Waals surface area contributed by atoms with Crippen molar-refractivity contribution < 1.29 is 25.0 Å². The number of carbonyl (C=O) groups excluding carboxylic acids is 2. The number of fused-ring (bicyclic) bond motifs is 1. The van der Waals surface area contributed by atoms with Crippen LogP contribution in [0, 0.1) is 6.92 Å². The molecule has 1 saturated heterocycles. The molecule has 2 amide bonds. The van der Waals surface area contributed by atoms with Crippen LogP contribution < -0.4 is 11.1 Å². The van der Waals surface area contributed by atoms with Crippen molar-refractivity contribution in [1.82, 2.24) is 10.2 Å². The standard InChI is InChI=1S/C16H16ClN3O4.C2H5.H2O/c17-9-6-7-10-12(15(22)20(10)13(9)16(23)24)19-14(21)11(18)8-4-2-1-3-5-8;1-2;/h1-5,10-12H,6-7,18H2,(H,19,21)(H,23,24);1H2,2H3;1H2/t10-,11-,12+;;/m1../s1. The number of halogens is 1. The van der Waals surface area contributed by atoms with E-state index in [-0.39, 0.29) is 16.2 Å². The fourth-order valence-corrected chi connectivity index (χ4v) is 3.35. The number of hydrogen-bond donors (Lipinski definition) is 3. The van der Waals surface area contributed by atoms with E-state index in [1.165, 1.54) is 0 Å². The van der Waals surface area contributed by atoms with Gasteiger partial charge in [0.1, 0.15) is 17.8 Å². The minimum Gasteiger partial charge on any atom is -0.477 e. The van der Waals surface area contributed by atoms with E-state index in [9.17, 15) is 19.5 Å². The third kappa shape index (κ3) is 4.29. The number of benzene rings is 1. The average Bonchev–Trinajstić information content (AvgIpc) is 2.67. The molecular weight excluding hydrogens is 374 g/mol. The topological polar surface area (TPSA) is 144 Å². The molecule has 3 rings (SSSR count). The zero-order valence-corrected chi connectivity index (χ0v) is 15.6. The van der Waals surface area contributed by atoms with Crippen LogP contribution in [0.5, 0.6) is 0 Å². The van der Waals surface area contributed by atoms with Crippen molar-refractivity contribution in [3.63, 3.8) is 0 Å². The predicted octanol–water partition coefficient (Wildman–Crippen LogP) is 0.726. The number of amides is 2. The Labute approximate surface area is 162 Å². The number of carboxylic acids is 1. The minimum absolute atomic E-state index is 0. The summed E-state index contributed by atoms with van der Waals surface area (Å²) < 4.78 is 0. The van der Waals surface area contributed by atoms with E-state index >= 15 is 0 Å². The summed E-state index contributed by atoms with van der Waals surface area (Å²) in [7, 11) is 0. The number of allylic oxidation sites excluding steroid dienone is 1. The van der Waals surface area contributed by atoms with Crippen molar-refractivity contribution in [3.05, 3.63) is 53.5 Å². The van der Waals surface area contributed by atoms with Gasteiger partial charge in [0, 0.05) is 5.03 Å². The molecule has 6 N–H and O–H groups in total. The maximum Gasteiger partial charge on any atom is 0.353 e. The van der Waals surface area contributed by atoms with Crippen molar-refractivity contribution in [3.8, 4) is 0 Å². The van der Waals surface area contributed by atoms with E-state index in [4.69, 9.17) is 17.3 Å². The summed E-state index contributed by atoms with van der Waals surface area (Å²) in [5.41, 5.74) is 6.35. The Kier molecular flexibility index (Phi) is 7.96. The Morgan fingerprint density at radius 1 is 1.33 bits per heavy atom. The molecule has 0 aromatic heterocycles. The van der Waals surface area contributed by atoms with Gasteiger partial charge < -0.3 is 21.6 Å². The first-order valence-corrected chi connectivity index (χ1v) is 8.56. The molecule has 9 heteroatoms. The molecule has 0 aliphatic carbocycles. The highest BCUT2D eigenvalue weighted by molar-refractivity contribution is 6.32. The molecule has 0 spiro atoms. The van der Waals surface area contributed by atoms with E-state index in [2.05, 4.69) is 12.2 Å². The van der Waals surface area contributed by atoms with Gasteiger partial charge in [-0.15, -0.1) is 0 Å². The highest BCUT2D eigenvalue weighted by Gasteiger charge is 2.53. The second-order valence-corrected chi connectivity index (χ2v) is 6.20. The lowest BCUT2D eigenvalue weighted by Crippen LogP contribution is -2.72. The Morgan fingerprint density at radius 2 is 1.93 bits per heavy atom. The van der Waals surface area contributed by atoms with Crippen LogP contribution in [0.3, 0.4) is 0 Å². The number of β-lactam (4-membered cyclic amide) rings is 1. The Bertz CT molecular complexity index is 738. The maximum atomic E-state index is 12.3. The average molecular weight is 397 g/mol. The molecule has 8 nitrogen and oxygen atoms in total. The van der Waals surface area contributed by atoms with E-state index < -0.39 is 35.9 Å². The minimum atomic E-state index is -1.25. The van der Waals surface area contributed by atoms with Crippen molar-refractivity contribution in [1.29, 1.82) is 0 Å². The summed E-state index contributed by atoms with van der Waals surface area (Å²) in [6.45, 7) is 5.00. The third-order valence-electron chi connectivity index (χ3n) is 4.32. The molecule has 2 heterocycles. The molecular formula is C18H23ClN3O5. The zero-order chi connectivity index (χ0) is 19.4. The van der Waals surface area contributed by atoms with Crippen molar-refractivity contribution >= 4 is 29.4 Å².